The highest BCUT2D eigenvalue weighted by Gasteiger charge is 2.19. The Balaban J connectivity index is 0.00000392. The molecule has 0 radical (unpaired) electrons. The molecule has 0 bridgehead atoms. The lowest BCUT2D eigenvalue weighted by molar-refractivity contribution is 0.188. The number of halogens is 1. The van der Waals surface area contributed by atoms with Crippen LogP contribution in [0.3, 0.4) is 0 Å². The second-order valence-corrected chi connectivity index (χ2v) is 8.03. The van der Waals surface area contributed by atoms with Crippen LogP contribution in [0.5, 0.6) is 0 Å². The lowest BCUT2D eigenvalue weighted by atomic mass is 9.97. The molecule has 1 atom stereocenters. The van der Waals surface area contributed by atoms with Crippen molar-refractivity contribution < 1.29 is 0 Å². The van der Waals surface area contributed by atoms with E-state index >= 15 is 0 Å². The van der Waals surface area contributed by atoms with Crippen molar-refractivity contribution in [3.05, 3.63) is 17.0 Å². The van der Waals surface area contributed by atoms with E-state index in [1.54, 1.807) is 0 Å². The summed E-state index contributed by atoms with van der Waals surface area (Å²) < 4.78 is 1.97. The van der Waals surface area contributed by atoms with Crippen molar-refractivity contribution in [1.29, 1.82) is 0 Å². The van der Waals surface area contributed by atoms with Gasteiger partial charge in [0.05, 0.1) is 5.69 Å². The monoisotopic (exact) mass is 504 g/mol. The summed E-state index contributed by atoms with van der Waals surface area (Å²) in [5.74, 6) is 1.66. The molecule has 1 aromatic rings. The number of nitrogens with one attached hydrogen (secondary N) is 2. The summed E-state index contributed by atoms with van der Waals surface area (Å²) in [6, 6.07) is 0.316. The van der Waals surface area contributed by atoms with Gasteiger partial charge in [-0.25, -0.2) is 0 Å². The van der Waals surface area contributed by atoms with Gasteiger partial charge in [-0.15, -0.1) is 24.0 Å². The van der Waals surface area contributed by atoms with E-state index in [-0.39, 0.29) is 24.0 Å². The Labute approximate surface area is 189 Å². The van der Waals surface area contributed by atoms with E-state index in [1.165, 1.54) is 50.2 Å². The maximum Gasteiger partial charge on any atom is 0.191 e. The number of aromatic nitrogens is 2. The lowest BCUT2D eigenvalue weighted by Gasteiger charge is -2.31. The fraction of sp³-hybridized carbons (Fsp3) is 0.810. The Hall–Kier alpha value is -0.830. The number of hydrogen-bond acceptors (Lipinski definition) is 3. The highest BCUT2D eigenvalue weighted by Crippen LogP contribution is 2.18. The molecule has 1 unspecified atom stereocenters. The summed E-state index contributed by atoms with van der Waals surface area (Å²) in [4.78, 5) is 7.48. The average molecular weight is 505 g/mol. The molecule has 6 nitrogen and oxygen atoms in total. The van der Waals surface area contributed by atoms with Crippen LogP contribution in [0.25, 0.3) is 0 Å². The van der Waals surface area contributed by atoms with Gasteiger partial charge >= 0.3 is 0 Å². The molecule has 1 fully saturated rings. The number of guanidine groups is 1. The van der Waals surface area contributed by atoms with Crippen molar-refractivity contribution >= 4 is 29.9 Å². The minimum absolute atomic E-state index is 0. The molecule has 1 saturated heterocycles. The molecular weight excluding hydrogens is 463 g/mol. The van der Waals surface area contributed by atoms with Crippen molar-refractivity contribution in [3.8, 4) is 0 Å². The largest absolute Gasteiger partial charge is 0.357 e. The summed E-state index contributed by atoms with van der Waals surface area (Å²) in [5, 5.41) is 11.5. The topological polar surface area (TPSA) is 57.5 Å². The lowest BCUT2D eigenvalue weighted by Crippen LogP contribution is -2.43. The fourth-order valence-corrected chi connectivity index (χ4v) is 3.95. The Morgan fingerprint density at radius 3 is 2.46 bits per heavy atom. The minimum Gasteiger partial charge on any atom is -0.357 e. The average Bonchev–Trinajstić information content (AvgIpc) is 2.87. The van der Waals surface area contributed by atoms with Crippen LogP contribution in [0.2, 0.25) is 0 Å². The van der Waals surface area contributed by atoms with Crippen LogP contribution in [0.4, 0.5) is 0 Å². The molecule has 0 aromatic carbocycles. The highest BCUT2D eigenvalue weighted by molar-refractivity contribution is 14.0. The summed E-state index contributed by atoms with van der Waals surface area (Å²) in [6.45, 7) is 16.4. The summed E-state index contributed by atoms with van der Waals surface area (Å²) in [6.07, 6.45) is 4.76. The van der Waals surface area contributed by atoms with Crippen LogP contribution in [0, 0.1) is 19.8 Å². The predicted molar refractivity (Wildman–Crippen MR) is 130 cm³/mol. The van der Waals surface area contributed by atoms with Gasteiger partial charge in [0.2, 0.25) is 0 Å². The van der Waals surface area contributed by atoms with Crippen molar-refractivity contribution in [2.45, 2.75) is 66.3 Å². The maximum absolute atomic E-state index is 4.89. The second kappa shape index (κ2) is 12.7. The van der Waals surface area contributed by atoms with Crippen LogP contribution in [0.1, 0.15) is 57.0 Å². The van der Waals surface area contributed by atoms with Gasteiger partial charge in [-0.1, -0.05) is 6.92 Å². The molecule has 1 aliphatic heterocycles. The van der Waals surface area contributed by atoms with Crippen LogP contribution in [0.15, 0.2) is 4.99 Å². The van der Waals surface area contributed by atoms with Crippen LogP contribution in [-0.4, -0.2) is 59.4 Å². The van der Waals surface area contributed by atoms with Gasteiger partial charge in [0, 0.05) is 31.9 Å². The SMILES string of the molecule is CCCN1CCC(CN=C(NCC)NC(C)Cc2c(C)nn(C)c2C)CC1.I. The molecule has 0 aliphatic carbocycles. The quantitative estimate of drug-likeness (QED) is 0.324. The van der Waals surface area contributed by atoms with Gasteiger partial charge in [0.25, 0.3) is 0 Å². The zero-order valence-electron chi connectivity index (χ0n) is 18.7. The Morgan fingerprint density at radius 2 is 1.93 bits per heavy atom. The van der Waals surface area contributed by atoms with Crippen molar-refractivity contribution in [2.24, 2.45) is 18.0 Å². The van der Waals surface area contributed by atoms with Crippen LogP contribution in [-0.2, 0) is 13.5 Å². The zero-order valence-corrected chi connectivity index (χ0v) is 21.0. The predicted octanol–water partition coefficient (Wildman–Crippen LogP) is 3.26. The maximum atomic E-state index is 4.89. The molecule has 1 aromatic heterocycles. The van der Waals surface area contributed by atoms with E-state index in [0.717, 1.165) is 31.2 Å². The van der Waals surface area contributed by atoms with Gasteiger partial charge in [0.15, 0.2) is 5.96 Å². The molecule has 2 heterocycles. The van der Waals surface area contributed by atoms with E-state index in [4.69, 9.17) is 4.99 Å². The van der Waals surface area contributed by atoms with Crippen LogP contribution < -0.4 is 10.6 Å². The minimum atomic E-state index is 0. The third-order valence-corrected chi connectivity index (χ3v) is 5.65. The Bertz CT molecular complexity index is 604. The van der Waals surface area contributed by atoms with E-state index in [1.807, 2.05) is 11.7 Å². The fourth-order valence-electron chi connectivity index (χ4n) is 3.95. The first-order valence-corrected chi connectivity index (χ1v) is 10.7. The zero-order chi connectivity index (χ0) is 19.8. The summed E-state index contributed by atoms with van der Waals surface area (Å²) in [7, 11) is 2.02. The van der Waals surface area contributed by atoms with Gasteiger partial charge in [-0.05, 0) is 84.5 Å². The van der Waals surface area contributed by atoms with Crippen molar-refractivity contribution in [2.75, 3.05) is 32.7 Å². The molecule has 28 heavy (non-hydrogen) atoms. The third-order valence-electron chi connectivity index (χ3n) is 5.65. The van der Waals surface area contributed by atoms with Crippen molar-refractivity contribution in [3.63, 3.8) is 0 Å². The third kappa shape index (κ3) is 7.54. The van der Waals surface area contributed by atoms with Gasteiger partial charge in [0.1, 0.15) is 0 Å². The standard InChI is InChI=1S/C21H40N6.HI/c1-7-11-27-12-9-19(10-13-27)15-23-21(22-8-2)24-16(3)14-20-17(4)25-26(6)18(20)5;/h16,19H,7-15H2,1-6H3,(H2,22,23,24);1H. The molecule has 7 heteroatoms. The van der Waals surface area contributed by atoms with E-state index in [2.05, 4.69) is 55.3 Å². The van der Waals surface area contributed by atoms with Gasteiger partial charge < -0.3 is 15.5 Å². The molecule has 2 N–H and O–H groups in total. The number of nitrogens with zero attached hydrogens (tertiary/aromatic N) is 4. The summed E-state index contributed by atoms with van der Waals surface area (Å²) >= 11 is 0. The second-order valence-electron chi connectivity index (χ2n) is 8.03. The Morgan fingerprint density at radius 1 is 1.25 bits per heavy atom. The summed E-state index contributed by atoms with van der Waals surface area (Å²) in [5.41, 5.74) is 3.73. The smallest absolute Gasteiger partial charge is 0.191 e. The first-order valence-electron chi connectivity index (χ1n) is 10.7. The van der Waals surface area contributed by atoms with E-state index in [9.17, 15) is 0 Å². The Kier molecular flexibility index (Phi) is 11.4. The highest BCUT2D eigenvalue weighted by atomic mass is 127. The molecule has 0 amide bonds. The van der Waals surface area contributed by atoms with Gasteiger partial charge in [-0.2, -0.15) is 5.10 Å². The first-order chi connectivity index (χ1) is 12.9. The number of likely N-dealkylation sites (tertiary alicyclic amines) is 1. The number of rotatable bonds is 8. The number of hydrogen-bond donors (Lipinski definition) is 2. The number of aliphatic imine (C=N–C) groups is 1. The molecular formula is C21H41IN6. The molecule has 162 valence electrons. The van der Waals surface area contributed by atoms with Crippen LogP contribution >= 0.6 is 24.0 Å². The van der Waals surface area contributed by atoms with Gasteiger partial charge in [-0.3, -0.25) is 9.67 Å². The first kappa shape index (κ1) is 25.2. The number of aryl methyl sites for hydroxylation is 2. The van der Waals surface area contributed by atoms with E-state index < -0.39 is 0 Å². The molecule has 2 rings (SSSR count). The molecule has 1 aliphatic rings. The molecule has 0 saturated carbocycles. The normalized spacial score (nSPS) is 17.3. The number of piperidine rings is 1. The van der Waals surface area contributed by atoms with Crippen molar-refractivity contribution in [1.82, 2.24) is 25.3 Å². The molecule has 0 spiro atoms. The van der Waals surface area contributed by atoms with E-state index in [0.29, 0.717) is 12.0 Å².